The summed E-state index contributed by atoms with van der Waals surface area (Å²) in [5.41, 5.74) is 2.77. The van der Waals surface area contributed by atoms with Crippen LogP contribution >= 0.6 is 35.0 Å². The number of amides is 1. The number of anilines is 1. The van der Waals surface area contributed by atoms with Crippen LogP contribution in [-0.4, -0.2) is 21.6 Å². The van der Waals surface area contributed by atoms with E-state index < -0.39 is 5.63 Å². The normalized spacial score (nSPS) is 10.9. The summed E-state index contributed by atoms with van der Waals surface area (Å²) >= 11 is 13.3. The van der Waals surface area contributed by atoms with E-state index in [1.807, 2.05) is 6.92 Å². The molecule has 0 unspecified atom stereocenters. The summed E-state index contributed by atoms with van der Waals surface area (Å²) in [7, 11) is 0. The Kier molecular flexibility index (Phi) is 6.27. The van der Waals surface area contributed by atoms with Gasteiger partial charge in [0, 0.05) is 45.0 Å². The van der Waals surface area contributed by atoms with Crippen molar-refractivity contribution in [2.45, 2.75) is 12.1 Å². The maximum atomic E-state index is 12.4. The predicted octanol–water partition coefficient (Wildman–Crippen LogP) is 5.60. The standard InChI is InChI=1S/C22H15Cl2N3O3S/c1-12-6-21(29)30-19-10-16(2-3-17(12)19)26-20(28)11-31-22-25-5-4-18(27-22)13-7-14(23)9-15(24)8-13/h2-10H,11H2,1H3,(H,26,28). The number of nitrogens with one attached hydrogen (secondary N) is 1. The molecule has 0 aliphatic heterocycles. The van der Waals surface area contributed by atoms with Gasteiger partial charge in [-0.15, -0.1) is 0 Å². The summed E-state index contributed by atoms with van der Waals surface area (Å²) in [6.45, 7) is 1.83. The average molecular weight is 472 g/mol. The van der Waals surface area contributed by atoms with Gasteiger partial charge in [-0.3, -0.25) is 4.79 Å². The molecule has 0 bridgehead atoms. The Balaban J connectivity index is 1.44. The minimum Gasteiger partial charge on any atom is -0.423 e. The van der Waals surface area contributed by atoms with E-state index in [0.717, 1.165) is 16.5 Å². The molecular formula is C22H15Cl2N3O3S. The second-order valence-corrected chi connectivity index (χ2v) is 8.49. The minimum absolute atomic E-state index is 0.107. The Morgan fingerprint density at radius 3 is 2.65 bits per heavy atom. The molecule has 0 spiro atoms. The van der Waals surface area contributed by atoms with E-state index in [0.29, 0.717) is 32.2 Å². The van der Waals surface area contributed by atoms with Crippen molar-refractivity contribution in [3.8, 4) is 11.3 Å². The van der Waals surface area contributed by atoms with Gasteiger partial charge in [0.15, 0.2) is 5.16 Å². The van der Waals surface area contributed by atoms with Gasteiger partial charge in [0.05, 0.1) is 11.4 Å². The molecule has 0 aliphatic rings. The Morgan fingerprint density at radius 1 is 1.10 bits per heavy atom. The van der Waals surface area contributed by atoms with Crippen molar-refractivity contribution in [3.63, 3.8) is 0 Å². The number of aromatic nitrogens is 2. The van der Waals surface area contributed by atoms with Gasteiger partial charge in [0.1, 0.15) is 5.58 Å². The van der Waals surface area contributed by atoms with Gasteiger partial charge in [-0.1, -0.05) is 35.0 Å². The largest absolute Gasteiger partial charge is 0.423 e. The van der Waals surface area contributed by atoms with Crippen molar-refractivity contribution in [1.29, 1.82) is 0 Å². The Bertz CT molecular complexity index is 1340. The lowest BCUT2D eigenvalue weighted by Gasteiger charge is -2.07. The Labute approximate surface area is 191 Å². The number of hydrogen-bond acceptors (Lipinski definition) is 6. The SMILES string of the molecule is Cc1cc(=O)oc2cc(NC(=O)CSc3nccc(-c4cc(Cl)cc(Cl)c4)n3)ccc12. The van der Waals surface area contributed by atoms with Crippen LogP contribution in [-0.2, 0) is 4.79 Å². The maximum absolute atomic E-state index is 12.4. The quantitative estimate of drug-likeness (QED) is 0.231. The molecule has 0 radical (unpaired) electrons. The number of aryl methyl sites for hydroxylation is 1. The lowest BCUT2D eigenvalue weighted by atomic mass is 10.1. The zero-order valence-corrected chi connectivity index (χ0v) is 18.5. The summed E-state index contributed by atoms with van der Waals surface area (Å²) in [5.74, 6) is -0.130. The molecule has 4 rings (SSSR count). The Hall–Kier alpha value is -2.87. The molecule has 0 fully saturated rings. The number of benzene rings is 2. The first-order valence-corrected chi connectivity index (χ1v) is 10.9. The second kappa shape index (κ2) is 9.09. The predicted molar refractivity (Wildman–Crippen MR) is 124 cm³/mol. The van der Waals surface area contributed by atoms with E-state index in [1.54, 1.807) is 48.7 Å². The van der Waals surface area contributed by atoms with Crippen LogP contribution in [0.2, 0.25) is 10.0 Å². The molecule has 1 amide bonds. The highest BCUT2D eigenvalue weighted by atomic mass is 35.5. The van der Waals surface area contributed by atoms with E-state index in [4.69, 9.17) is 27.6 Å². The first kappa shape index (κ1) is 21.4. The lowest BCUT2D eigenvalue weighted by Crippen LogP contribution is -2.14. The van der Waals surface area contributed by atoms with Crippen LogP contribution in [0, 0.1) is 6.92 Å². The molecule has 4 aromatic rings. The van der Waals surface area contributed by atoms with Crippen molar-refractivity contribution in [2.75, 3.05) is 11.1 Å². The minimum atomic E-state index is -0.429. The topological polar surface area (TPSA) is 85.1 Å². The van der Waals surface area contributed by atoms with Crippen molar-refractivity contribution in [1.82, 2.24) is 9.97 Å². The van der Waals surface area contributed by atoms with Gasteiger partial charge >= 0.3 is 5.63 Å². The van der Waals surface area contributed by atoms with Crippen LogP contribution in [0.25, 0.3) is 22.2 Å². The van der Waals surface area contributed by atoms with Crippen LogP contribution in [0.4, 0.5) is 5.69 Å². The van der Waals surface area contributed by atoms with Crippen LogP contribution in [0.5, 0.6) is 0 Å². The van der Waals surface area contributed by atoms with Crippen LogP contribution in [0.3, 0.4) is 0 Å². The summed E-state index contributed by atoms with van der Waals surface area (Å²) in [4.78, 5) is 32.6. The van der Waals surface area contributed by atoms with Gasteiger partial charge in [0.2, 0.25) is 5.91 Å². The van der Waals surface area contributed by atoms with Crippen molar-refractivity contribution >= 4 is 57.5 Å². The molecule has 2 heterocycles. The van der Waals surface area contributed by atoms with Crippen molar-refractivity contribution in [2.24, 2.45) is 0 Å². The molecule has 6 nitrogen and oxygen atoms in total. The molecule has 2 aromatic carbocycles. The highest BCUT2D eigenvalue weighted by molar-refractivity contribution is 7.99. The number of fused-ring (bicyclic) bond motifs is 1. The molecule has 1 N–H and O–H groups in total. The number of nitrogens with zero attached hydrogens (tertiary/aromatic N) is 2. The number of halogens is 2. The smallest absolute Gasteiger partial charge is 0.336 e. The van der Waals surface area contributed by atoms with E-state index in [2.05, 4.69) is 15.3 Å². The fraction of sp³-hybridized carbons (Fsp3) is 0.0909. The molecular weight excluding hydrogens is 457 g/mol. The number of thioether (sulfide) groups is 1. The zero-order chi connectivity index (χ0) is 22.0. The fourth-order valence-corrected chi connectivity index (χ4v) is 4.16. The number of rotatable bonds is 5. The van der Waals surface area contributed by atoms with E-state index in [1.165, 1.54) is 17.8 Å². The van der Waals surface area contributed by atoms with Crippen molar-refractivity contribution in [3.05, 3.63) is 80.8 Å². The first-order chi connectivity index (χ1) is 14.9. The van der Waals surface area contributed by atoms with E-state index >= 15 is 0 Å². The van der Waals surface area contributed by atoms with Crippen LogP contribution in [0.1, 0.15) is 5.56 Å². The lowest BCUT2D eigenvalue weighted by molar-refractivity contribution is -0.113. The van der Waals surface area contributed by atoms with Crippen LogP contribution in [0.15, 0.2) is 69.1 Å². The molecule has 0 saturated carbocycles. The van der Waals surface area contributed by atoms with E-state index in [-0.39, 0.29) is 11.7 Å². The molecule has 0 atom stereocenters. The Morgan fingerprint density at radius 2 is 1.87 bits per heavy atom. The first-order valence-electron chi connectivity index (χ1n) is 9.14. The molecule has 0 saturated heterocycles. The zero-order valence-electron chi connectivity index (χ0n) is 16.2. The third-order valence-electron chi connectivity index (χ3n) is 4.36. The highest BCUT2D eigenvalue weighted by Crippen LogP contribution is 2.27. The summed E-state index contributed by atoms with van der Waals surface area (Å²) < 4.78 is 5.22. The molecule has 156 valence electrons. The second-order valence-electron chi connectivity index (χ2n) is 6.68. The summed E-state index contributed by atoms with van der Waals surface area (Å²) in [6, 6.07) is 13.5. The maximum Gasteiger partial charge on any atom is 0.336 e. The summed E-state index contributed by atoms with van der Waals surface area (Å²) in [6.07, 6.45) is 1.62. The molecule has 2 aromatic heterocycles. The van der Waals surface area contributed by atoms with Gasteiger partial charge in [-0.2, -0.15) is 0 Å². The monoisotopic (exact) mass is 471 g/mol. The third-order valence-corrected chi connectivity index (χ3v) is 5.66. The summed E-state index contributed by atoms with van der Waals surface area (Å²) in [5, 5.41) is 5.08. The van der Waals surface area contributed by atoms with Gasteiger partial charge < -0.3 is 9.73 Å². The molecule has 0 aliphatic carbocycles. The van der Waals surface area contributed by atoms with E-state index in [9.17, 15) is 9.59 Å². The van der Waals surface area contributed by atoms with Gasteiger partial charge in [-0.25, -0.2) is 14.8 Å². The highest BCUT2D eigenvalue weighted by Gasteiger charge is 2.10. The van der Waals surface area contributed by atoms with Crippen molar-refractivity contribution < 1.29 is 9.21 Å². The number of carbonyl (C=O) groups excluding carboxylic acids is 1. The fourth-order valence-electron chi connectivity index (χ4n) is 3.00. The molecule has 9 heteroatoms. The van der Waals surface area contributed by atoms with Crippen LogP contribution < -0.4 is 10.9 Å². The molecule has 31 heavy (non-hydrogen) atoms. The van der Waals surface area contributed by atoms with Gasteiger partial charge in [0.25, 0.3) is 0 Å². The number of hydrogen-bond donors (Lipinski definition) is 1. The third kappa shape index (κ3) is 5.25. The number of carbonyl (C=O) groups is 1. The van der Waals surface area contributed by atoms with Gasteiger partial charge in [-0.05, 0) is 48.9 Å². The average Bonchev–Trinajstić information content (AvgIpc) is 2.71.